The molecular weight excluding hydrogens is 341 g/mol. The van der Waals surface area contributed by atoms with Crippen molar-refractivity contribution < 1.29 is 8.96 Å². The minimum atomic E-state index is -0.172. The van der Waals surface area contributed by atoms with Crippen LogP contribution in [0.4, 0.5) is 4.39 Å². The molecule has 24 heavy (non-hydrogen) atoms. The van der Waals surface area contributed by atoms with Crippen LogP contribution in [0.5, 0.6) is 0 Å². The lowest BCUT2D eigenvalue weighted by atomic mass is 9.98. The maximum Gasteiger partial charge on any atom is 0.243 e. The van der Waals surface area contributed by atoms with E-state index in [4.69, 9.17) is 0 Å². The van der Waals surface area contributed by atoms with E-state index in [1.807, 2.05) is 42.6 Å². The number of benzene rings is 1. The molecule has 0 saturated carbocycles. The molecule has 4 aromatic rings. The number of imidazole rings is 1. The molecule has 0 bridgehead atoms. The van der Waals surface area contributed by atoms with Crippen molar-refractivity contribution in [2.75, 3.05) is 0 Å². The molecule has 0 saturated heterocycles. The van der Waals surface area contributed by atoms with E-state index in [-0.39, 0.29) is 5.82 Å². The van der Waals surface area contributed by atoms with Crippen LogP contribution in [0.15, 0.2) is 41.6 Å². The predicted molar refractivity (Wildman–Crippen MR) is 96.9 cm³/mol. The van der Waals surface area contributed by atoms with Gasteiger partial charge in [-0.25, -0.2) is 18.5 Å². The minimum Gasteiger partial charge on any atom is -0.240 e. The molecule has 0 fully saturated rings. The monoisotopic (exact) mass is 358 g/mol. The summed E-state index contributed by atoms with van der Waals surface area (Å²) in [5.41, 5.74) is 3.33. The molecule has 0 aliphatic carbocycles. The summed E-state index contributed by atoms with van der Waals surface area (Å²) in [6, 6.07) is 4.15. The molecule has 6 heteroatoms. The Morgan fingerprint density at radius 3 is 2.96 bits per heavy atom. The summed E-state index contributed by atoms with van der Waals surface area (Å²) in [6.45, 7) is 2.66. The Morgan fingerprint density at radius 1 is 1.38 bits per heavy atom. The fraction of sp³-hybridized carbons (Fsp3) is 0.222. The van der Waals surface area contributed by atoms with Crippen molar-refractivity contribution >= 4 is 32.9 Å². The average Bonchev–Trinajstić information content (AvgIpc) is 3.26. The highest BCUT2D eigenvalue weighted by Crippen LogP contribution is 2.35. The van der Waals surface area contributed by atoms with Crippen LogP contribution < -0.4 is 4.57 Å². The number of thiophene rings is 1. The van der Waals surface area contributed by atoms with Gasteiger partial charge in [-0.2, -0.15) is 11.3 Å². The first-order chi connectivity index (χ1) is 11.6. The van der Waals surface area contributed by atoms with Crippen molar-refractivity contribution in [3.05, 3.63) is 58.0 Å². The van der Waals surface area contributed by atoms with Crippen molar-refractivity contribution in [3.8, 4) is 11.1 Å². The summed E-state index contributed by atoms with van der Waals surface area (Å²) in [7, 11) is 1.98. The fourth-order valence-electron chi connectivity index (χ4n) is 2.97. The van der Waals surface area contributed by atoms with Gasteiger partial charge >= 0.3 is 0 Å². The Hall–Kier alpha value is -2.05. The van der Waals surface area contributed by atoms with Gasteiger partial charge in [0.25, 0.3) is 0 Å². The third-order valence-electron chi connectivity index (χ3n) is 4.11. The standard InChI is InChI=1S/C18H17FN3S2/c1-12-20-18-16(24-12)9-15(13-4-8-23-10-13)14(17(18)19)3-5-22-7-6-21(2)11-22/h4,6-11H,3,5H2,1-2H3/q+1. The lowest BCUT2D eigenvalue weighted by Gasteiger charge is -2.10. The molecule has 0 unspecified atom stereocenters. The molecule has 0 spiro atoms. The third-order valence-corrected chi connectivity index (χ3v) is 5.71. The van der Waals surface area contributed by atoms with Crippen molar-refractivity contribution in [2.24, 2.45) is 7.05 Å². The van der Waals surface area contributed by atoms with Gasteiger partial charge in [-0.3, -0.25) is 0 Å². The largest absolute Gasteiger partial charge is 0.243 e. The zero-order valence-electron chi connectivity index (χ0n) is 13.5. The number of fused-ring (bicyclic) bond motifs is 1. The number of hydrogen-bond acceptors (Lipinski definition) is 3. The number of aryl methyl sites for hydroxylation is 3. The number of thiazole rings is 1. The van der Waals surface area contributed by atoms with Crippen LogP contribution in [0, 0.1) is 12.7 Å². The van der Waals surface area contributed by atoms with Crippen molar-refractivity contribution in [1.82, 2.24) is 9.55 Å². The second-order valence-electron chi connectivity index (χ2n) is 5.88. The first-order valence-electron chi connectivity index (χ1n) is 7.74. The van der Waals surface area contributed by atoms with Gasteiger partial charge in [0.15, 0.2) is 5.82 Å². The summed E-state index contributed by atoms with van der Waals surface area (Å²) < 4.78 is 20.2. The Labute approximate surface area is 147 Å². The third kappa shape index (κ3) is 2.76. The van der Waals surface area contributed by atoms with Crippen LogP contribution in [-0.2, 0) is 20.0 Å². The summed E-state index contributed by atoms with van der Waals surface area (Å²) in [5.74, 6) is -0.172. The van der Waals surface area contributed by atoms with Crippen LogP contribution in [0.1, 0.15) is 10.6 Å². The quantitative estimate of drug-likeness (QED) is 0.497. The Kier molecular flexibility index (Phi) is 3.94. The lowest BCUT2D eigenvalue weighted by Crippen LogP contribution is -2.23. The summed E-state index contributed by atoms with van der Waals surface area (Å²) in [4.78, 5) is 4.39. The number of aromatic nitrogens is 3. The zero-order chi connectivity index (χ0) is 16.7. The van der Waals surface area contributed by atoms with E-state index in [0.29, 0.717) is 11.9 Å². The van der Waals surface area contributed by atoms with Gasteiger partial charge in [0.2, 0.25) is 6.33 Å². The van der Waals surface area contributed by atoms with Crippen molar-refractivity contribution in [1.29, 1.82) is 0 Å². The normalized spacial score (nSPS) is 11.5. The summed E-state index contributed by atoms with van der Waals surface area (Å²) >= 11 is 3.18. The Morgan fingerprint density at radius 2 is 2.25 bits per heavy atom. The first kappa shape index (κ1) is 15.5. The molecule has 0 N–H and O–H groups in total. The van der Waals surface area contributed by atoms with Crippen LogP contribution in [0.25, 0.3) is 21.3 Å². The van der Waals surface area contributed by atoms with E-state index in [2.05, 4.69) is 27.1 Å². The van der Waals surface area contributed by atoms with E-state index in [1.54, 1.807) is 22.7 Å². The van der Waals surface area contributed by atoms with Crippen molar-refractivity contribution in [2.45, 2.75) is 19.9 Å². The summed E-state index contributed by atoms with van der Waals surface area (Å²) in [5, 5.41) is 5.01. The van der Waals surface area contributed by atoms with Crippen LogP contribution in [0.3, 0.4) is 0 Å². The topological polar surface area (TPSA) is 21.7 Å². The molecule has 0 aliphatic rings. The number of halogens is 1. The van der Waals surface area contributed by atoms with E-state index < -0.39 is 0 Å². The Balaban J connectivity index is 1.81. The highest BCUT2D eigenvalue weighted by Gasteiger charge is 2.18. The van der Waals surface area contributed by atoms with Gasteiger partial charge in [-0.15, -0.1) is 11.3 Å². The predicted octanol–water partition coefficient (Wildman–Crippen LogP) is 4.34. The van der Waals surface area contributed by atoms with E-state index in [1.165, 1.54) is 0 Å². The Bertz CT molecular complexity index is 999. The van der Waals surface area contributed by atoms with E-state index in [9.17, 15) is 0 Å². The maximum absolute atomic E-state index is 15.2. The molecule has 4 rings (SSSR count). The second-order valence-corrected chi connectivity index (χ2v) is 7.89. The molecule has 3 aromatic heterocycles. The molecular formula is C18H17FN3S2+. The van der Waals surface area contributed by atoms with Gasteiger partial charge < -0.3 is 0 Å². The van der Waals surface area contributed by atoms with Crippen LogP contribution in [-0.4, -0.2) is 9.55 Å². The van der Waals surface area contributed by atoms with E-state index in [0.717, 1.165) is 32.9 Å². The van der Waals surface area contributed by atoms with Gasteiger partial charge in [-0.05, 0) is 40.9 Å². The van der Waals surface area contributed by atoms with E-state index >= 15 is 4.39 Å². The molecule has 0 aliphatic heterocycles. The van der Waals surface area contributed by atoms with Gasteiger partial charge in [0, 0.05) is 12.0 Å². The molecule has 0 amide bonds. The molecule has 1 aromatic carbocycles. The molecule has 3 nitrogen and oxygen atoms in total. The molecule has 0 atom stereocenters. The fourth-order valence-corrected chi connectivity index (χ4v) is 4.49. The smallest absolute Gasteiger partial charge is 0.240 e. The number of nitrogens with zero attached hydrogens (tertiary/aromatic N) is 3. The first-order valence-corrected chi connectivity index (χ1v) is 9.50. The van der Waals surface area contributed by atoms with Crippen LogP contribution in [0.2, 0.25) is 0 Å². The zero-order valence-corrected chi connectivity index (χ0v) is 15.1. The highest BCUT2D eigenvalue weighted by molar-refractivity contribution is 7.18. The van der Waals surface area contributed by atoms with Gasteiger partial charge in [0.1, 0.15) is 17.9 Å². The van der Waals surface area contributed by atoms with Crippen LogP contribution >= 0.6 is 22.7 Å². The molecule has 122 valence electrons. The minimum absolute atomic E-state index is 0.172. The number of rotatable bonds is 4. The van der Waals surface area contributed by atoms with Crippen molar-refractivity contribution in [3.63, 3.8) is 0 Å². The average molecular weight is 358 g/mol. The van der Waals surface area contributed by atoms with Gasteiger partial charge in [0.05, 0.1) is 23.3 Å². The number of hydrogen-bond donors (Lipinski definition) is 0. The highest BCUT2D eigenvalue weighted by atomic mass is 32.1. The lowest BCUT2D eigenvalue weighted by molar-refractivity contribution is -0.671. The molecule has 0 radical (unpaired) electrons. The summed E-state index contributed by atoms with van der Waals surface area (Å²) in [6.07, 6.45) is 6.64. The maximum atomic E-state index is 15.2. The SMILES string of the molecule is Cc1nc2c(F)c(CCn3cc[n+](C)c3)c(-c3ccsc3)cc2s1. The second kappa shape index (κ2) is 6.11. The van der Waals surface area contributed by atoms with Gasteiger partial charge in [-0.1, -0.05) is 0 Å². The molecule has 3 heterocycles.